The Bertz CT molecular complexity index is 538. The first-order chi connectivity index (χ1) is 14.2. The highest BCUT2D eigenvalue weighted by atomic mass is 32.2. The highest BCUT2D eigenvalue weighted by Gasteiger charge is 2.39. The van der Waals surface area contributed by atoms with E-state index < -0.39 is 26.0 Å². The van der Waals surface area contributed by atoms with Crippen molar-refractivity contribution in [3.05, 3.63) is 12.2 Å². The van der Waals surface area contributed by atoms with E-state index in [0.29, 0.717) is 31.6 Å². The van der Waals surface area contributed by atoms with Crippen LogP contribution in [0.15, 0.2) is 12.2 Å². The standard InChI is InChI=1S/C20H36O8SSi/c1-7-26-30(27-8-2,28-9-3)14-10-13-29-18(17(6)21)15-19(22)24-11-12-25-20(23)16(4)5/h18H,4,7-15H2,1-3,5-6H3. The highest BCUT2D eigenvalue weighted by Crippen LogP contribution is 2.23. The van der Waals surface area contributed by atoms with Gasteiger partial charge in [-0.3, -0.25) is 9.59 Å². The van der Waals surface area contributed by atoms with Crippen molar-refractivity contribution in [2.75, 3.05) is 38.8 Å². The number of hydrogen-bond donors (Lipinski definition) is 0. The van der Waals surface area contributed by atoms with E-state index in [-0.39, 0.29) is 31.0 Å². The molecular formula is C20H36O8SSi. The van der Waals surface area contributed by atoms with Crippen molar-refractivity contribution in [3.63, 3.8) is 0 Å². The fourth-order valence-corrected chi connectivity index (χ4v) is 6.41. The zero-order chi connectivity index (χ0) is 23.0. The molecule has 0 aromatic rings. The van der Waals surface area contributed by atoms with Gasteiger partial charge in [0.05, 0.1) is 11.7 Å². The third-order valence-corrected chi connectivity index (χ3v) is 8.35. The molecule has 0 aliphatic heterocycles. The van der Waals surface area contributed by atoms with Gasteiger partial charge in [0.25, 0.3) is 0 Å². The second kappa shape index (κ2) is 16.5. The van der Waals surface area contributed by atoms with Crippen molar-refractivity contribution in [2.24, 2.45) is 0 Å². The largest absolute Gasteiger partial charge is 0.500 e. The van der Waals surface area contributed by atoms with E-state index in [2.05, 4.69) is 6.58 Å². The molecule has 0 N–H and O–H groups in total. The van der Waals surface area contributed by atoms with Gasteiger partial charge < -0.3 is 22.8 Å². The van der Waals surface area contributed by atoms with Crippen LogP contribution in [0.4, 0.5) is 0 Å². The lowest BCUT2D eigenvalue weighted by atomic mass is 10.2. The average Bonchev–Trinajstić information content (AvgIpc) is 2.67. The Labute approximate surface area is 185 Å². The summed E-state index contributed by atoms with van der Waals surface area (Å²) in [5, 5.41) is -0.488. The van der Waals surface area contributed by atoms with Crippen LogP contribution in [-0.4, -0.2) is 70.6 Å². The van der Waals surface area contributed by atoms with E-state index in [1.165, 1.54) is 25.6 Å². The van der Waals surface area contributed by atoms with Crippen LogP contribution in [0.25, 0.3) is 0 Å². The van der Waals surface area contributed by atoms with Crippen molar-refractivity contribution in [3.8, 4) is 0 Å². The molecule has 0 heterocycles. The molecule has 1 atom stereocenters. The van der Waals surface area contributed by atoms with Crippen molar-refractivity contribution in [2.45, 2.75) is 58.8 Å². The quantitative estimate of drug-likeness (QED) is 0.131. The lowest BCUT2D eigenvalue weighted by Crippen LogP contribution is -2.46. The number of thioether (sulfide) groups is 1. The number of esters is 2. The maximum absolute atomic E-state index is 12.0. The van der Waals surface area contributed by atoms with Gasteiger partial charge in [0.1, 0.15) is 19.0 Å². The summed E-state index contributed by atoms with van der Waals surface area (Å²) in [6.07, 6.45) is 0.714. The Morgan fingerprint density at radius 3 is 1.93 bits per heavy atom. The molecule has 0 aromatic carbocycles. The number of ether oxygens (including phenoxy) is 2. The average molecular weight is 465 g/mol. The van der Waals surface area contributed by atoms with Gasteiger partial charge in [0.2, 0.25) is 0 Å². The molecule has 0 rings (SSSR count). The Balaban J connectivity index is 4.42. The summed E-state index contributed by atoms with van der Waals surface area (Å²) in [7, 11) is -2.70. The molecule has 0 amide bonds. The zero-order valence-electron chi connectivity index (χ0n) is 18.8. The summed E-state index contributed by atoms with van der Waals surface area (Å²) in [6.45, 7) is 13.6. The van der Waals surface area contributed by atoms with E-state index >= 15 is 0 Å². The third kappa shape index (κ3) is 12.5. The highest BCUT2D eigenvalue weighted by molar-refractivity contribution is 8.00. The lowest BCUT2D eigenvalue weighted by molar-refractivity contribution is -0.150. The summed E-state index contributed by atoms with van der Waals surface area (Å²) >= 11 is 1.41. The molecule has 30 heavy (non-hydrogen) atoms. The van der Waals surface area contributed by atoms with Crippen molar-refractivity contribution < 1.29 is 37.1 Å². The Morgan fingerprint density at radius 1 is 0.933 bits per heavy atom. The van der Waals surface area contributed by atoms with Crippen molar-refractivity contribution in [1.29, 1.82) is 0 Å². The molecule has 1 unspecified atom stereocenters. The molecule has 174 valence electrons. The van der Waals surface area contributed by atoms with Gasteiger partial charge in [0.15, 0.2) is 0 Å². The van der Waals surface area contributed by atoms with E-state index in [4.69, 9.17) is 22.8 Å². The van der Waals surface area contributed by atoms with E-state index in [1.807, 2.05) is 20.8 Å². The fraction of sp³-hybridized carbons (Fsp3) is 0.750. The summed E-state index contributed by atoms with van der Waals surface area (Å²) in [4.78, 5) is 35.1. The second-order valence-corrected chi connectivity index (χ2v) is 10.4. The summed E-state index contributed by atoms with van der Waals surface area (Å²) in [5.41, 5.74) is 0.277. The smallest absolute Gasteiger partial charge is 0.462 e. The first-order valence-electron chi connectivity index (χ1n) is 10.2. The lowest BCUT2D eigenvalue weighted by Gasteiger charge is -2.28. The van der Waals surface area contributed by atoms with Crippen LogP contribution >= 0.6 is 11.8 Å². The maximum Gasteiger partial charge on any atom is 0.500 e. The molecule has 0 bridgehead atoms. The molecule has 10 heteroatoms. The molecule has 0 aliphatic rings. The maximum atomic E-state index is 12.0. The van der Waals surface area contributed by atoms with Crippen LogP contribution in [-0.2, 0) is 37.1 Å². The molecule has 0 aliphatic carbocycles. The number of hydrogen-bond acceptors (Lipinski definition) is 9. The van der Waals surface area contributed by atoms with Gasteiger partial charge in [-0.05, 0) is 46.8 Å². The van der Waals surface area contributed by atoms with Crippen LogP contribution in [0.5, 0.6) is 0 Å². The number of carbonyl (C=O) groups excluding carboxylic acids is 3. The number of carbonyl (C=O) groups is 3. The predicted molar refractivity (Wildman–Crippen MR) is 118 cm³/mol. The second-order valence-electron chi connectivity index (χ2n) is 6.40. The summed E-state index contributed by atoms with van der Waals surface area (Å²) in [5.74, 6) is -0.464. The van der Waals surface area contributed by atoms with Crippen LogP contribution in [0, 0.1) is 0 Å². The minimum Gasteiger partial charge on any atom is -0.462 e. The monoisotopic (exact) mass is 464 g/mol. The number of rotatable bonds is 18. The van der Waals surface area contributed by atoms with Gasteiger partial charge in [-0.25, -0.2) is 4.79 Å². The molecule has 0 fully saturated rings. The number of Topliss-reactive ketones (excluding diaryl/α,β-unsaturated/α-hetero) is 1. The molecule has 0 radical (unpaired) electrons. The molecule has 8 nitrogen and oxygen atoms in total. The van der Waals surface area contributed by atoms with Crippen molar-refractivity contribution >= 4 is 38.3 Å². The zero-order valence-corrected chi connectivity index (χ0v) is 20.6. The molecule has 0 saturated carbocycles. The topological polar surface area (TPSA) is 97.4 Å². The van der Waals surface area contributed by atoms with Crippen LogP contribution < -0.4 is 0 Å². The first-order valence-corrected chi connectivity index (χ1v) is 13.2. The normalized spacial score (nSPS) is 12.3. The number of ketones is 1. The van der Waals surface area contributed by atoms with Gasteiger partial charge in [0, 0.05) is 31.4 Å². The van der Waals surface area contributed by atoms with Gasteiger partial charge in [-0.1, -0.05) is 6.58 Å². The Kier molecular flexibility index (Phi) is 15.8. The van der Waals surface area contributed by atoms with Gasteiger partial charge >= 0.3 is 20.7 Å². The minimum atomic E-state index is -2.70. The molecule has 0 spiro atoms. The van der Waals surface area contributed by atoms with E-state index in [1.54, 1.807) is 0 Å². The molecule has 0 saturated heterocycles. The van der Waals surface area contributed by atoms with Gasteiger partial charge in [-0.15, -0.1) is 0 Å². The third-order valence-electron chi connectivity index (χ3n) is 3.77. The Hall–Kier alpha value is -1.20. The fourth-order valence-electron chi connectivity index (χ4n) is 2.46. The summed E-state index contributed by atoms with van der Waals surface area (Å²) in [6, 6.07) is 0.651. The SMILES string of the molecule is C=C(C)C(=O)OCCOC(=O)CC(SCCC[Si](OCC)(OCC)OCC)C(C)=O. The first kappa shape index (κ1) is 28.8. The Morgan fingerprint density at radius 2 is 1.47 bits per heavy atom. The van der Waals surface area contributed by atoms with Crippen LogP contribution in [0.1, 0.15) is 47.5 Å². The van der Waals surface area contributed by atoms with Crippen molar-refractivity contribution in [1.82, 2.24) is 0 Å². The van der Waals surface area contributed by atoms with Gasteiger partial charge in [-0.2, -0.15) is 11.8 Å². The molecular weight excluding hydrogens is 428 g/mol. The van der Waals surface area contributed by atoms with Crippen LogP contribution in [0.2, 0.25) is 6.04 Å². The summed E-state index contributed by atoms with van der Waals surface area (Å²) < 4.78 is 27.4. The van der Waals surface area contributed by atoms with E-state index in [9.17, 15) is 14.4 Å². The molecule has 0 aromatic heterocycles. The van der Waals surface area contributed by atoms with Crippen LogP contribution in [0.3, 0.4) is 0 Å². The predicted octanol–water partition coefficient (Wildman–Crippen LogP) is 3.17. The van der Waals surface area contributed by atoms with E-state index in [0.717, 1.165) is 6.42 Å². The minimum absolute atomic E-state index is 0.0284.